The Hall–Kier alpha value is -4.00. The van der Waals surface area contributed by atoms with E-state index in [1.807, 2.05) is 0 Å². The molecule has 7 nitrogen and oxygen atoms in total. The second-order valence-corrected chi connectivity index (χ2v) is 13.0. The molecule has 4 unspecified atom stereocenters. The quantitative estimate of drug-likeness (QED) is 0.282. The smallest absolute Gasteiger partial charge is 0.319 e. The van der Waals surface area contributed by atoms with Crippen LogP contribution in [-0.4, -0.2) is 71.5 Å². The van der Waals surface area contributed by atoms with Gasteiger partial charge in [0.25, 0.3) is 0 Å². The maximum absolute atomic E-state index is 16.8. The van der Waals surface area contributed by atoms with E-state index in [2.05, 4.69) is 27.8 Å². The van der Waals surface area contributed by atoms with Crippen LogP contribution in [0.1, 0.15) is 44.1 Å². The predicted molar refractivity (Wildman–Crippen MR) is 165 cm³/mol. The van der Waals surface area contributed by atoms with Gasteiger partial charge in [-0.3, -0.25) is 0 Å². The molecule has 4 aromatic rings. The Morgan fingerprint density at radius 1 is 1.14 bits per heavy atom. The van der Waals surface area contributed by atoms with E-state index in [4.69, 9.17) is 20.9 Å². The van der Waals surface area contributed by atoms with Gasteiger partial charge in [-0.2, -0.15) is 9.97 Å². The molecule has 1 N–H and O–H groups in total. The van der Waals surface area contributed by atoms with Gasteiger partial charge in [0.2, 0.25) is 0 Å². The Morgan fingerprint density at radius 3 is 2.80 bits per heavy atom. The highest BCUT2D eigenvalue weighted by Gasteiger charge is 2.47. The van der Waals surface area contributed by atoms with Crippen molar-refractivity contribution in [3.05, 3.63) is 53.6 Å². The number of phenolic OH excluding ortho intramolecular Hbond substituents is 1. The molecule has 0 radical (unpaired) electrons. The van der Waals surface area contributed by atoms with Crippen LogP contribution in [0.2, 0.25) is 0 Å². The Kier molecular flexibility index (Phi) is 6.44. The third-order valence-electron chi connectivity index (χ3n) is 10.5. The number of terminal acetylenes is 1. The molecule has 1 aromatic heterocycles. The minimum atomic E-state index is -0.606. The van der Waals surface area contributed by atoms with Gasteiger partial charge >= 0.3 is 6.01 Å². The van der Waals surface area contributed by atoms with Crippen LogP contribution in [0.4, 0.5) is 14.6 Å². The number of benzene rings is 3. The third-order valence-corrected chi connectivity index (χ3v) is 10.5. The average molecular weight is 597 g/mol. The van der Waals surface area contributed by atoms with E-state index in [-0.39, 0.29) is 46.0 Å². The summed E-state index contributed by atoms with van der Waals surface area (Å²) in [6, 6.07) is 9.88. The number of nitrogens with zero attached hydrogens (tertiary/aromatic N) is 4. The number of ether oxygens (including phenoxy) is 2. The Labute approximate surface area is 254 Å². The van der Waals surface area contributed by atoms with Crippen LogP contribution in [0, 0.1) is 29.4 Å². The number of phenols is 1. The molecule has 9 heteroatoms. The van der Waals surface area contributed by atoms with Crippen LogP contribution < -0.4 is 9.64 Å². The van der Waals surface area contributed by atoms with Crippen molar-refractivity contribution >= 4 is 27.5 Å². The predicted octanol–water partition coefficient (Wildman–Crippen LogP) is 6.04. The van der Waals surface area contributed by atoms with Gasteiger partial charge in [-0.05, 0) is 80.9 Å². The molecule has 3 aliphatic heterocycles. The lowest BCUT2D eigenvalue weighted by Gasteiger charge is -2.44. The number of aromatic hydroxyl groups is 1. The van der Waals surface area contributed by atoms with Gasteiger partial charge < -0.3 is 24.4 Å². The van der Waals surface area contributed by atoms with Crippen LogP contribution >= 0.6 is 0 Å². The Morgan fingerprint density at radius 2 is 2.00 bits per heavy atom. The number of hydrogen-bond donors (Lipinski definition) is 1. The van der Waals surface area contributed by atoms with Crippen LogP contribution in [0.15, 0.2) is 36.4 Å². The van der Waals surface area contributed by atoms with Crippen LogP contribution in [0.25, 0.3) is 32.8 Å². The number of morpholine rings is 1. The van der Waals surface area contributed by atoms with Crippen molar-refractivity contribution in [1.82, 2.24) is 14.9 Å². The van der Waals surface area contributed by atoms with Crippen molar-refractivity contribution < 1.29 is 23.4 Å². The highest BCUT2D eigenvalue weighted by atomic mass is 19.1. The summed E-state index contributed by atoms with van der Waals surface area (Å²) in [4.78, 5) is 14.2. The van der Waals surface area contributed by atoms with Crippen molar-refractivity contribution in [1.29, 1.82) is 0 Å². The summed E-state index contributed by atoms with van der Waals surface area (Å²) < 4.78 is 43.9. The Balaban J connectivity index is 1.27. The number of likely N-dealkylation sites (tertiary alicyclic amines) is 1. The van der Waals surface area contributed by atoms with Crippen molar-refractivity contribution in [2.24, 2.45) is 5.41 Å². The van der Waals surface area contributed by atoms with E-state index in [0.717, 1.165) is 45.1 Å². The molecule has 8 rings (SSSR count). The number of anilines is 1. The summed E-state index contributed by atoms with van der Waals surface area (Å²) in [5, 5.41) is 12.0. The zero-order valence-corrected chi connectivity index (χ0v) is 24.7. The maximum atomic E-state index is 16.8. The van der Waals surface area contributed by atoms with Gasteiger partial charge in [-0.1, -0.05) is 24.5 Å². The van der Waals surface area contributed by atoms with Gasteiger partial charge in [-0.25, -0.2) is 8.78 Å². The SMILES string of the molecule is C#Cc1c(F)ccc2cc(O)cc(-c3ccc4c(N5CC6CC5CO6)nc(OCC56CCCC5N(C)CCC6)nc4c3F)c12. The number of fused-ring (bicyclic) bond motifs is 5. The summed E-state index contributed by atoms with van der Waals surface area (Å²) in [5.74, 6) is 1.77. The first-order valence-corrected chi connectivity index (χ1v) is 15.5. The van der Waals surface area contributed by atoms with Crippen molar-refractivity contribution in [2.45, 2.75) is 56.7 Å². The molecule has 3 aromatic carbocycles. The first kappa shape index (κ1) is 27.5. The molecular formula is C35H34F2N4O3. The number of halogens is 2. The highest BCUT2D eigenvalue weighted by Crippen LogP contribution is 2.48. The minimum absolute atomic E-state index is 0.0142. The van der Waals surface area contributed by atoms with E-state index in [1.165, 1.54) is 24.3 Å². The second kappa shape index (κ2) is 10.3. The number of piperidine rings is 1. The van der Waals surface area contributed by atoms with Gasteiger partial charge in [0.1, 0.15) is 22.9 Å². The summed E-state index contributed by atoms with van der Waals surface area (Å²) in [7, 11) is 2.19. The monoisotopic (exact) mass is 596 g/mol. The molecule has 2 bridgehead atoms. The summed E-state index contributed by atoms with van der Waals surface area (Å²) in [6.07, 6.45) is 12.3. The first-order chi connectivity index (χ1) is 21.3. The van der Waals surface area contributed by atoms with Crippen LogP contribution in [0.3, 0.4) is 0 Å². The molecule has 0 spiro atoms. The molecule has 4 aliphatic rings. The molecule has 44 heavy (non-hydrogen) atoms. The van der Waals surface area contributed by atoms with E-state index in [9.17, 15) is 9.50 Å². The minimum Gasteiger partial charge on any atom is -0.508 e. The first-order valence-electron chi connectivity index (χ1n) is 15.5. The summed E-state index contributed by atoms with van der Waals surface area (Å²) >= 11 is 0. The fraction of sp³-hybridized carbons (Fsp3) is 0.429. The molecule has 1 aliphatic carbocycles. The fourth-order valence-corrected chi connectivity index (χ4v) is 8.44. The summed E-state index contributed by atoms with van der Waals surface area (Å²) in [6.45, 7) is 2.83. The van der Waals surface area contributed by atoms with Crippen molar-refractivity contribution in [2.75, 3.05) is 38.3 Å². The summed E-state index contributed by atoms with van der Waals surface area (Å²) in [5.41, 5.74) is 0.609. The van der Waals surface area contributed by atoms with Gasteiger partial charge in [0.05, 0.1) is 30.9 Å². The molecule has 4 heterocycles. The largest absolute Gasteiger partial charge is 0.508 e. The van der Waals surface area contributed by atoms with Gasteiger partial charge in [0.15, 0.2) is 5.82 Å². The molecule has 226 valence electrons. The van der Waals surface area contributed by atoms with Gasteiger partial charge in [0, 0.05) is 34.3 Å². The normalized spacial score (nSPS) is 26.4. The van der Waals surface area contributed by atoms with Gasteiger partial charge in [-0.15, -0.1) is 6.42 Å². The van der Waals surface area contributed by atoms with Crippen molar-refractivity contribution in [3.8, 4) is 35.2 Å². The highest BCUT2D eigenvalue weighted by molar-refractivity contribution is 6.04. The number of rotatable bonds is 5. The molecule has 0 amide bonds. The molecule has 4 fully saturated rings. The second-order valence-electron chi connectivity index (χ2n) is 13.0. The lowest BCUT2D eigenvalue weighted by atomic mass is 9.76. The molecule has 1 saturated carbocycles. The van der Waals surface area contributed by atoms with Crippen molar-refractivity contribution in [3.63, 3.8) is 0 Å². The van der Waals surface area contributed by atoms with E-state index < -0.39 is 11.6 Å². The van der Waals surface area contributed by atoms with E-state index in [1.54, 1.807) is 12.1 Å². The third kappa shape index (κ3) is 4.22. The zero-order valence-electron chi connectivity index (χ0n) is 24.7. The zero-order chi connectivity index (χ0) is 30.2. The van der Waals surface area contributed by atoms with Crippen LogP contribution in [0.5, 0.6) is 11.8 Å². The van der Waals surface area contributed by atoms with Crippen LogP contribution in [-0.2, 0) is 4.74 Å². The fourth-order valence-electron chi connectivity index (χ4n) is 8.44. The van der Waals surface area contributed by atoms with E-state index in [0.29, 0.717) is 53.3 Å². The number of aromatic nitrogens is 2. The molecule has 4 atom stereocenters. The van der Waals surface area contributed by atoms with E-state index >= 15 is 4.39 Å². The topological polar surface area (TPSA) is 71.0 Å². The number of hydrogen-bond acceptors (Lipinski definition) is 7. The lowest BCUT2D eigenvalue weighted by molar-refractivity contribution is 0.0133. The molecule has 3 saturated heterocycles. The standard InChI is InChI=1S/C35H34F2N4O3/c1-3-24-28(36)10-7-20-14-22(42)16-27(30(20)24)25-8-9-26-32(31(25)37)38-34(39-33(26)41-17-23-15-21(41)18-43-23)44-19-35-11-4-6-29(35)40(2)13-5-12-35/h1,7-10,14,16,21,23,29,42H,4-6,11-13,15,17-19H2,2H3. The average Bonchev–Trinajstić information content (AvgIpc) is 3.77. The Bertz CT molecular complexity index is 1860. The molecular weight excluding hydrogens is 562 g/mol. The maximum Gasteiger partial charge on any atom is 0.319 e. The lowest BCUT2D eigenvalue weighted by Crippen LogP contribution is -2.50.